The monoisotopic (exact) mass is 272 g/mol. The largest absolute Gasteiger partial charge is 0.478 e. The van der Waals surface area contributed by atoms with E-state index >= 15 is 0 Å². The maximum atomic E-state index is 11.6. The summed E-state index contributed by atoms with van der Waals surface area (Å²) >= 11 is 1.16. The third kappa shape index (κ3) is 4.01. The average Bonchev–Trinajstić information content (AvgIpc) is 2.75. The molecule has 6 nitrogen and oxygen atoms in total. The van der Waals surface area contributed by atoms with Gasteiger partial charge in [-0.3, -0.25) is 5.32 Å². The summed E-state index contributed by atoms with van der Waals surface area (Å²) in [7, 11) is 1.56. The molecule has 0 bridgehead atoms. The average molecular weight is 272 g/mol. The number of carboxylic acids is 1. The summed E-state index contributed by atoms with van der Waals surface area (Å²) in [6.45, 7) is 3.99. The lowest BCUT2D eigenvalue weighted by molar-refractivity contribution is 0.0257. The highest BCUT2D eigenvalue weighted by atomic mass is 32.1. The van der Waals surface area contributed by atoms with E-state index in [1.165, 1.54) is 6.07 Å². The van der Waals surface area contributed by atoms with Crippen molar-refractivity contribution in [3.05, 3.63) is 17.0 Å². The molecule has 7 heteroatoms. The molecule has 0 aliphatic heterocycles. The number of carbonyl (C=O) groups excluding carboxylic acids is 1. The van der Waals surface area contributed by atoms with Gasteiger partial charge in [0, 0.05) is 13.7 Å². The Bertz CT molecular complexity index is 442. The maximum Gasteiger partial charge on any atom is 0.338 e. The van der Waals surface area contributed by atoms with Crippen LogP contribution in [0.5, 0.6) is 0 Å². The number of amides is 2. The molecule has 0 aliphatic carbocycles. The standard InChI is InChI=1S/C11H16N2O4S/c1-11(2,17-3)6-12-10(16)13-8-7(9(14)15)4-5-18-8/h4-5H,6H2,1-3H3,(H,14,15)(H2,12,13,16). The van der Waals surface area contributed by atoms with Gasteiger partial charge < -0.3 is 15.2 Å². The number of aromatic carboxylic acids is 1. The quantitative estimate of drug-likeness (QED) is 0.765. The predicted molar refractivity (Wildman–Crippen MR) is 69.4 cm³/mol. The molecular formula is C11H16N2O4S. The number of carboxylic acid groups (broad SMARTS) is 1. The summed E-state index contributed by atoms with van der Waals surface area (Å²) in [5.74, 6) is -1.07. The van der Waals surface area contributed by atoms with Gasteiger partial charge >= 0.3 is 12.0 Å². The Morgan fingerprint density at radius 2 is 2.17 bits per heavy atom. The first-order valence-electron chi connectivity index (χ1n) is 5.26. The normalized spacial score (nSPS) is 11.1. The van der Waals surface area contributed by atoms with Gasteiger partial charge in [-0.05, 0) is 25.3 Å². The first kappa shape index (κ1) is 14.5. The fourth-order valence-corrected chi connectivity index (χ4v) is 1.86. The second-order valence-corrected chi connectivity index (χ2v) is 5.16. The molecule has 3 N–H and O–H groups in total. The summed E-state index contributed by atoms with van der Waals surface area (Å²) in [6, 6.07) is 0.993. The Labute approximate surface area is 109 Å². The molecular weight excluding hydrogens is 256 g/mol. The number of urea groups is 1. The maximum absolute atomic E-state index is 11.6. The molecule has 0 saturated heterocycles. The molecule has 0 fully saturated rings. The number of methoxy groups -OCH3 is 1. The van der Waals surface area contributed by atoms with E-state index in [0.717, 1.165) is 11.3 Å². The Morgan fingerprint density at radius 1 is 1.50 bits per heavy atom. The smallest absolute Gasteiger partial charge is 0.338 e. The summed E-state index contributed by atoms with van der Waals surface area (Å²) in [5.41, 5.74) is -0.385. The zero-order valence-corrected chi connectivity index (χ0v) is 11.3. The molecule has 18 heavy (non-hydrogen) atoms. The fourth-order valence-electron chi connectivity index (χ4n) is 1.09. The van der Waals surface area contributed by atoms with Crippen LogP contribution >= 0.6 is 11.3 Å². The third-order valence-electron chi connectivity index (χ3n) is 2.35. The van der Waals surface area contributed by atoms with Crippen LogP contribution in [-0.4, -0.2) is 36.4 Å². The molecule has 0 unspecified atom stereocenters. The summed E-state index contributed by atoms with van der Waals surface area (Å²) < 4.78 is 5.15. The second kappa shape index (κ2) is 5.83. The highest BCUT2D eigenvalue weighted by Crippen LogP contribution is 2.22. The van der Waals surface area contributed by atoms with E-state index in [9.17, 15) is 9.59 Å². The lowest BCUT2D eigenvalue weighted by Crippen LogP contribution is -2.41. The molecule has 0 spiro atoms. The number of hydrogen-bond acceptors (Lipinski definition) is 4. The molecule has 0 atom stereocenters. The van der Waals surface area contributed by atoms with Crippen molar-refractivity contribution >= 4 is 28.3 Å². The molecule has 0 aliphatic rings. The lowest BCUT2D eigenvalue weighted by Gasteiger charge is -2.23. The van der Waals surface area contributed by atoms with E-state index < -0.39 is 17.6 Å². The number of nitrogens with one attached hydrogen (secondary N) is 2. The van der Waals surface area contributed by atoms with Crippen molar-refractivity contribution < 1.29 is 19.4 Å². The van der Waals surface area contributed by atoms with Gasteiger partial charge in [0.1, 0.15) is 5.00 Å². The van der Waals surface area contributed by atoms with Crippen LogP contribution in [0.3, 0.4) is 0 Å². The molecule has 1 heterocycles. The minimum Gasteiger partial charge on any atom is -0.478 e. The minimum absolute atomic E-state index is 0.0844. The Hall–Kier alpha value is -1.60. The van der Waals surface area contributed by atoms with Crippen molar-refractivity contribution in [2.45, 2.75) is 19.4 Å². The molecule has 100 valence electrons. The van der Waals surface area contributed by atoms with Gasteiger partial charge in [0.25, 0.3) is 0 Å². The van der Waals surface area contributed by atoms with Gasteiger partial charge in [0.15, 0.2) is 0 Å². The van der Waals surface area contributed by atoms with E-state index in [0.29, 0.717) is 11.5 Å². The Morgan fingerprint density at radius 3 is 2.72 bits per heavy atom. The van der Waals surface area contributed by atoms with Crippen molar-refractivity contribution in [3.8, 4) is 0 Å². The van der Waals surface area contributed by atoms with E-state index in [2.05, 4.69) is 10.6 Å². The zero-order chi connectivity index (χ0) is 13.8. The van der Waals surface area contributed by atoms with Crippen LogP contribution in [-0.2, 0) is 4.74 Å². The Balaban J connectivity index is 2.55. The summed E-state index contributed by atoms with van der Waals surface area (Å²) in [4.78, 5) is 22.4. The number of anilines is 1. The number of ether oxygens (including phenoxy) is 1. The molecule has 0 radical (unpaired) electrons. The summed E-state index contributed by atoms with van der Waals surface area (Å²) in [5, 5.41) is 15.9. The van der Waals surface area contributed by atoms with E-state index in [1.54, 1.807) is 12.5 Å². The number of hydrogen-bond donors (Lipinski definition) is 3. The van der Waals surface area contributed by atoms with Crippen LogP contribution in [0, 0.1) is 0 Å². The van der Waals surface area contributed by atoms with Crippen molar-refractivity contribution in [1.29, 1.82) is 0 Å². The first-order valence-corrected chi connectivity index (χ1v) is 6.14. The molecule has 0 saturated carbocycles. The highest BCUT2D eigenvalue weighted by Gasteiger charge is 2.18. The van der Waals surface area contributed by atoms with Gasteiger partial charge in [0.2, 0.25) is 0 Å². The van der Waals surface area contributed by atoms with Gasteiger partial charge in [-0.15, -0.1) is 11.3 Å². The number of rotatable bonds is 5. The third-order valence-corrected chi connectivity index (χ3v) is 3.18. The lowest BCUT2D eigenvalue weighted by atomic mass is 10.1. The molecule has 1 rings (SSSR count). The zero-order valence-electron chi connectivity index (χ0n) is 10.4. The first-order chi connectivity index (χ1) is 8.35. The second-order valence-electron chi connectivity index (χ2n) is 4.24. The van der Waals surface area contributed by atoms with Gasteiger partial charge in [-0.25, -0.2) is 9.59 Å². The number of carbonyl (C=O) groups is 2. The SMILES string of the molecule is COC(C)(C)CNC(=O)Nc1sccc1C(=O)O. The minimum atomic E-state index is -1.07. The van der Waals surface area contributed by atoms with E-state index in [1.807, 2.05) is 13.8 Å². The van der Waals surface area contributed by atoms with Crippen molar-refractivity contribution in [1.82, 2.24) is 5.32 Å². The topological polar surface area (TPSA) is 87.7 Å². The van der Waals surface area contributed by atoms with Crippen molar-refractivity contribution in [3.63, 3.8) is 0 Å². The van der Waals surface area contributed by atoms with Crippen LogP contribution in [0.4, 0.5) is 9.80 Å². The molecule has 1 aromatic rings. The molecule has 2 amide bonds. The Kier molecular flexibility index (Phi) is 4.69. The summed E-state index contributed by atoms with van der Waals surface area (Å²) in [6.07, 6.45) is 0. The van der Waals surface area contributed by atoms with Crippen LogP contribution < -0.4 is 10.6 Å². The van der Waals surface area contributed by atoms with E-state index in [4.69, 9.17) is 9.84 Å². The van der Waals surface area contributed by atoms with Crippen LogP contribution in [0.1, 0.15) is 24.2 Å². The van der Waals surface area contributed by atoms with Gasteiger partial charge in [0.05, 0.1) is 11.2 Å². The predicted octanol–water partition coefficient (Wildman–Crippen LogP) is 1.99. The highest BCUT2D eigenvalue weighted by molar-refractivity contribution is 7.14. The number of thiophene rings is 1. The van der Waals surface area contributed by atoms with Crippen LogP contribution in [0.25, 0.3) is 0 Å². The van der Waals surface area contributed by atoms with Gasteiger partial charge in [-0.2, -0.15) is 0 Å². The fraction of sp³-hybridized carbons (Fsp3) is 0.455. The van der Waals surface area contributed by atoms with Crippen LogP contribution in [0.2, 0.25) is 0 Å². The molecule has 0 aromatic carbocycles. The van der Waals surface area contributed by atoms with Gasteiger partial charge in [-0.1, -0.05) is 0 Å². The van der Waals surface area contributed by atoms with Crippen molar-refractivity contribution in [2.75, 3.05) is 19.0 Å². The molecule has 1 aromatic heterocycles. The van der Waals surface area contributed by atoms with Crippen molar-refractivity contribution in [2.24, 2.45) is 0 Å². The van der Waals surface area contributed by atoms with E-state index in [-0.39, 0.29) is 5.56 Å². The van der Waals surface area contributed by atoms with Crippen LogP contribution in [0.15, 0.2) is 11.4 Å².